The number of nitrogens with two attached hydrogens (primary N) is 1. The molecular formula is C11H14BrN. The van der Waals surface area contributed by atoms with Crippen LogP contribution in [0.4, 0.5) is 0 Å². The Hall–Kier alpha value is -0.340. The fraction of sp³-hybridized carbons (Fsp3) is 0.455. The summed E-state index contributed by atoms with van der Waals surface area (Å²) in [5.41, 5.74) is 7.17. The van der Waals surface area contributed by atoms with Crippen molar-refractivity contribution >= 4 is 15.9 Å². The molecule has 0 amide bonds. The molecule has 2 N–H and O–H groups in total. The second-order valence-electron chi connectivity index (χ2n) is 3.73. The molecular weight excluding hydrogens is 226 g/mol. The van der Waals surface area contributed by atoms with Crippen molar-refractivity contribution in [3.8, 4) is 0 Å². The van der Waals surface area contributed by atoms with Crippen LogP contribution in [0, 0.1) is 5.92 Å². The van der Waals surface area contributed by atoms with Gasteiger partial charge in [0.2, 0.25) is 0 Å². The summed E-state index contributed by atoms with van der Waals surface area (Å²) in [7, 11) is 0. The van der Waals surface area contributed by atoms with Crippen LogP contribution in [0.2, 0.25) is 0 Å². The van der Waals surface area contributed by atoms with E-state index in [2.05, 4.69) is 40.2 Å². The highest BCUT2D eigenvalue weighted by Crippen LogP contribution is 2.42. The zero-order chi connectivity index (χ0) is 9.26. The average Bonchev–Trinajstić information content (AvgIpc) is 2.93. The van der Waals surface area contributed by atoms with E-state index in [1.165, 1.54) is 18.4 Å². The Morgan fingerprint density at radius 2 is 1.92 bits per heavy atom. The molecule has 1 saturated carbocycles. The van der Waals surface area contributed by atoms with E-state index in [0.717, 1.165) is 16.9 Å². The van der Waals surface area contributed by atoms with E-state index in [0.29, 0.717) is 5.92 Å². The second kappa shape index (κ2) is 3.81. The zero-order valence-electron chi connectivity index (χ0n) is 7.54. The predicted molar refractivity (Wildman–Crippen MR) is 58.7 cm³/mol. The first kappa shape index (κ1) is 9.22. The number of halogens is 1. The van der Waals surface area contributed by atoms with Gasteiger partial charge in [0.25, 0.3) is 0 Å². The molecule has 70 valence electrons. The fourth-order valence-corrected chi connectivity index (χ4v) is 2.07. The molecule has 13 heavy (non-hydrogen) atoms. The van der Waals surface area contributed by atoms with Gasteiger partial charge in [-0.15, -0.1) is 0 Å². The molecule has 1 aliphatic carbocycles. The lowest BCUT2D eigenvalue weighted by Crippen LogP contribution is -2.14. The van der Waals surface area contributed by atoms with Gasteiger partial charge in [-0.3, -0.25) is 0 Å². The highest BCUT2D eigenvalue weighted by molar-refractivity contribution is 9.10. The molecule has 1 aliphatic rings. The van der Waals surface area contributed by atoms with E-state index < -0.39 is 0 Å². The monoisotopic (exact) mass is 239 g/mol. The van der Waals surface area contributed by atoms with Crippen molar-refractivity contribution in [1.29, 1.82) is 0 Å². The summed E-state index contributed by atoms with van der Waals surface area (Å²) in [6.07, 6.45) is 2.72. The fourth-order valence-electron chi connectivity index (χ4n) is 1.81. The molecule has 1 unspecified atom stereocenters. The van der Waals surface area contributed by atoms with Crippen LogP contribution in [0.5, 0.6) is 0 Å². The predicted octanol–water partition coefficient (Wildman–Crippen LogP) is 2.90. The number of benzene rings is 1. The van der Waals surface area contributed by atoms with E-state index >= 15 is 0 Å². The third-order valence-corrected chi connectivity index (χ3v) is 3.27. The lowest BCUT2D eigenvalue weighted by atomic mass is 9.94. The van der Waals surface area contributed by atoms with Gasteiger partial charge in [0.1, 0.15) is 0 Å². The van der Waals surface area contributed by atoms with Crippen LogP contribution in [0.15, 0.2) is 28.7 Å². The van der Waals surface area contributed by atoms with Gasteiger partial charge in [-0.1, -0.05) is 28.1 Å². The average molecular weight is 240 g/mol. The van der Waals surface area contributed by atoms with Gasteiger partial charge in [0.15, 0.2) is 0 Å². The summed E-state index contributed by atoms with van der Waals surface area (Å²) in [4.78, 5) is 0. The summed E-state index contributed by atoms with van der Waals surface area (Å²) in [5, 5.41) is 0. The minimum Gasteiger partial charge on any atom is -0.330 e. The summed E-state index contributed by atoms with van der Waals surface area (Å²) in [6, 6.07) is 8.56. The third kappa shape index (κ3) is 2.12. The van der Waals surface area contributed by atoms with Gasteiger partial charge in [0.05, 0.1) is 0 Å². The van der Waals surface area contributed by atoms with Crippen LogP contribution in [-0.2, 0) is 0 Å². The Labute approximate surface area is 87.5 Å². The molecule has 1 fully saturated rings. The van der Waals surface area contributed by atoms with Crippen LogP contribution < -0.4 is 5.73 Å². The van der Waals surface area contributed by atoms with Gasteiger partial charge >= 0.3 is 0 Å². The highest BCUT2D eigenvalue weighted by Gasteiger charge is 2.30. The Morgan fingerprint density at radius 3 is 2.38 bits per heavy atom. The van der Waals surface area contributed by atoms with Crippen LogP contribution >= 0.6 is 15.9 Å². The molecule has 0 saturated heterocycles. The van der Waals surface area contributed by atoms with Crippen molar-refractivity contribution in [3.05, 3.63) is 34.3 Å². The second-order valence-corrected chi connectivity index (χ2v) is 4.65. The van der Waals surface area contributed by atoms with Gasteiger partial charge in [0, 0.05) is 4.47 Å². The minimum absolute atomic E-state index is 0.591. The van der Waals surface area contributed by atoms with E-state index in [-0.39, 0.29) is 0 Å². The summed E-state index contributed by atoms with van der Waals surface area (Å²) < 4.78 is 1.14. The zero-order valence-corrected chi connectivity index (χ0v) is 9.13. The number of hydrogen-bond acceptors (Lipinski definition) is 1. The first-order chi connectivity index (χ1) is 6.31. The quantitative estimate of drug-likeness (QED) is 0.863. The Balaban J connectivity index is 2.17. The largest absolute Gasteiger partial charge is 0.330 e. The van der Waals surface area contributed by atoms with E-state index in [9.17, 15) is 0 Å². The molecule has 0 radical (unpaired) electrons. The summed E-state index contributed by atoms with van der Waals surface area (Å²) >= 11 is 3.44. The summed E-state index contributed by atoms with van der Waals surface area (Å²) in [6.45, 7) is 0.784. The molecule has 0 aromatic heterocycles. The smallest absolute Gasteiger partial charge is 0.0175 e. The standard InChI is InChI=1S/C11H14BrN/c12-10-5-3-9(4-6-10)11(7-13)8-1-2-8/h3-6,8,11H,1-2,7,13H2. The van der Waals surface area contributed by atoms with Crippen molar-refractivity contribution in [3.63, 3.8) is 0 Å². The van der Waals surface area contributed by atoms with E-state index in [4.69, 9.17) is 5.73 Å². The van der Waals surface area contributed by atoms with Crippen LogP contribution in [0.1, 0.15) is 24.3 Å². The molecule has 0 heterocycles. The first-order valence-corrected chi connectivity index (χ1v) is 5.56. The van der Waals surface area contributed by atoms with Crippen molar-refractivity contribution in [2.75, 3.05) is 6.54 Å². The van der Waals surface area contributed by atoms with E-state index in [1.807, 2.05) is 0 Å². The maximum absolute atomic E-state index is 5.77. The van der Waals surface area contributed by atoms with Gasteiger partial charge in [-0.2, -0.15) is 0 Å². The number of hydrogen-bond donors (Lipinski definition) is 1. The molecule has 2 heteroatoms. The molecule has 0 aliphatic heterocycles. The van der Waals surface area contributed by atoms with Crippen molar-refractivity contribution < 1.29 is 0 Å². The Morgan fingerprint density at radius 1 is 1.31 bits per heavy atom. The third-order valence-electron chi connectivity index (χ3n) is 2.74. The molecule has 1 aromatic carbocycles. The maximum atomic E-state index is 5.77. The minimum atomic E-state index is 0.591. The van der Waals surface area contributed by atoms with Gasteiger partial charge in [-0.25, -0.2) is 0 Å². The lowest BCUT2D eigenvalue weighted by molar-refractivity contribution is 0.616. The highest BCUT2D eigenvalue weighted by atomic mass is 79.9. The Bertz CT molecular complexity index is 277. The topological polar surface area (TPSA) is 26.0 Å². The molecule has 1 nitrogen and oxygen atoms in total. The SMILES string of the molecule is NCC(c1ccc(Br)cc1)C1CC1. The number of rotatable bonds is 3. The van der Waals surface area contributed by atoms with Gasteiger partial charge < -0.3 is 5.73 Å². The van der Waals surface area contributed by atoms with Crippen LogP contribution in [0.25, 0.3) is 0 Å². The molecule has 1 atom stereocenters. The van der Waals surface area contributed by atoms with Crippen molar-refractivity contribution in [2.45, 2.75) is 18.8 Å². The Kier molecular flexibility index (Phi) is 2.70. The molecule has 1 aromatic rings. The maximum Gasteiger partial charge on any atom is 0.0175 e. The van der Waals surface area contributed by atoms with Crippen LogP contribution in [0.3, 0.4) is 0 Å². The molecule has 0 bridgehead atoms. The van der Waals surface area contributed by atoms with Crippen molar-refractivity contribution in [1.82, 2.24) is 0 Å². The normalized spacial score (nSPS) is 18.6. The van der Waals surface area contributed by atoms with Gasteiger partial charge in [-0.05, 0) is 48.9 Å². The summed E-state index contributed by atoms with van der Waals surface area (Å²) in [5.74, 6) is 1.44. The molecule has 0 spiro atoms. The molecule has 2 rings (SSSR count). The lowest BCUT2D eigenvalue weighted by Gasteiger charge is -2.13. The first-order valence-electron chi connectivity index (χ1n) is 4.77. The van der Waals surface area contributed by atoms with Crippen molar-refractivity contribution in [2.24, 2.45) is 11.7 Å². The van der Waals surface area contributed by atoms with Crippen LogP contribution in [-0.4, -0.2) is 6.54 Å². The van der Waals surface area contributed by atoms with E-state index in [1.54, 1.807) is 0 Å².